The summed E-state index contributed by atoms with van der Waals surface area (Å²) < 4.78 is 16.3. The van der Waals surface area contributed by atoms with Gasteiger partial charge in [0.1, 0.15) is 30.8 Å². The molecule has 0 spiro atoms. The Balaban J connectivity index is 1.75. The maximum absolute atomic E-state index is 9.63. The number of ether oxygens (including phenoxy) is 3. The van der Waals surface area contributed by atoms with Crippen LogP contribution < -0.4 is 9.47 Å². The molecule has 0 aliphatic carbocycles. The third kappa shape index (κ3) is 5.76. The lowest BCUT2D eigenvalue weighted by Gasteiger charge is -2.12. The summed E-state index contributed by atoms with van der Waals surface area (Å²) in [5.41, 5.74) is 1.13. The van der Waals surface area contributed by atoms with E-state index in [9.17, 15) is 5.11 Å². The molecule has 2 aromatic carbocycles. The van der Waals surface area contributed by atoms with Gasteiger partial charge in [0.15, 0.2) is 0 Å². The Morgan fingerprint density at radius 2 is 1.50 bits per heavy atom. The van der Waals surface area contributed by atoms with Crippen LogP contribution in [-0.4, -0.2) is 31.0 Å². The molecule has 22 heavy (non-hydrogen) atoms. The number of aliphatic hydroxyl groups is 1. The highest BCUT2D eigenvalue weighted by atomic mass is 16.5. The summed E-state index contributed by atoms with van der Waals surface area (Å²) in [6, 6.07) is 17.4. The summed E-state index contributed by atoms with van der Waals surface area (Å²) in [5, 5.41) is 9.63. The van der Waals surface area contributed by atoms with Crippen molar-refractivity contribution in [1.82, 2.24) is 0 Å². The van der Waals surface area contributed by atoms with Crippen molar-refractivity contribution in [3.8, 4) is 11.5 Å². The standard InChI is InChI=1S/C18H22O4/c1-2-20-13-16(19)14-22-18-10-8-17(9-11-18)21-12-15-6-4-3-5-7-15/h3-11,16,19H,2,12-14H2,1H3. The molecule has 0 saturated carbocycles. The third-order valence-electron chi connectivity index (χ3n) is 3.03. The fraction of sp³-hybridized carbons (Fsp3) is 0.333. The molecule has 2 aromatic rings. The van der Waals surface area contributed by atoms with Gasteiger partial charge in [0, 0.05) is 6.61 Å². The number of hydrogen-bond donors (Lipinski definition) is 1. The van der Waals surface area contributed by atoms with Gasteiger partial charge < -0.3 is 19.3 Å². The Morgan fingerprint density at radius 3 is 2.14 bits per heavy atom. The van der Waals surface area contributed by atoms with E-state index in [2.05, 4.69) is 0 Å². The summed E-state index contributed by atoms with van der Waals surface area (Å²) in [4.78, 5) is 0. The topological polar surface area (TPSA) is 47.9 Å². The van der Waals surface area contributed by atoms with Crippen LogP contribution in [0, 0.1) is 0 Å². The third-order valence-corrected chi connectivity index (χ3v) is 3.03. The molecule has 0 radical (unpaired) electrons. The largest absolute Gasteiger partial charge is 0.491 e. The molecule has 4 heteroatoms. The lowest BCUT2D eigenvalue weighted by atomic mass is 10.2. The Bertz CT molecular complexity index is 525. The van der Waals surface area contributed by atoms with E-state index in [-0.39, 0.29) is 13.2 Å². The van der Waals surface area contributed by atoms with Crippen molar-refractivity contribution >= 4 is 0 Å². The maximum Gasteiger partial charge on any atom is 0.120 e. The summed E-state index contributed by atoms with van der Waals surface area (Å²) in [5.74, 6) is 1.48. The van der Waals surface area contributed by atoms with E-state index in [4.69, 9.17) is 14.2 Å². The summed E-state index contributed by atoms with van der Waals surface area (Å²) in [6.07, 6.45) is -0.617. The molecule has 0 saturated heterocycles. The molecular formula is C18H22O4. The Kier molecular flexibility index (Phi) is 6.74. The van der Waals surface area contributed by atoms with Gasteiger partial charge in [-0.15, -0.1) is 0 Å². The Hall–Kier alpha value is -2.04. The fourth-order valence-electron chi connectivity index (χ4n) is 1.87. The zero-order valence-corrected chi connectivity index (χ0v) is 12.8. The van der Waals surface area contributed by atoms with Crippen molar-refractivity contribution in [3.63, 3.8) is 0 Å². The summed E-state index contributed by atoms with van der Waals surface area (Å²) in [7, 11) is 0. The van der Waals surface area contributed by atoms with Crippen LogP contribution in [0.2, 0.25) is 0 Å². The van der Waals surface area contributed by atoms with E-state index >= 15 is 0 Å². The second kappa shape index (κ2) is 9.07. The zero-order valence-electron chi connectivity index (χ0n) is 12.8. The van der Waals surface area contributed by atoms with Crippen LogP contribution in [0.15, 0.2) is 54.6 Å². The van der Waals surface area contributed by atoms with Gasteiger partial charge in [-0.1, -0.05) is 30.3 Å². The SMILES string of the molecule is CCOCC(O)COc1ccc(OCc2ccccc2)cc1. The number of rotatable bonds is 9. The van der Waals surface area contributed by atoms with Gasteiger partial charge in [-0.2, -0.15) is 0 Å². The van der Waals surface area contributed by atoms with Crippen LogP contribution in [0.25, 0.3) is 0 Å². The highest BCUT2D eigenvalue weighted by molar-refractivity contribution is 5.31. The first-order valence-corrected chi connectivity index (χ1v) is 7.43. The van der Waals surface area contributed by atoms with Crippen molar-refractivity contribution in [2.45, 2.75) is 19.6 Å². The van der Waals surface area contributed by atoms with E-state index in [1.807, 2.05) is 61.5 Å². The second-order valence-electron chi connectivity index (χ2n) is 4.87. The normalized spacial score (nSPS) is 11.9. The Morgan fingerprint density at radius 1 is 0.864 bits per heavy atom. The van der Waals surface area contributed by atoms with E-state index < -0.39 is 6.10 Å². The average molecular weight is 302 g/mol. The minimum atomic E-state index is -0.617. The maximum atomic E-state index is 9.63. The highest BCUT2D eigenvalue weighted by Gasteiger charge is 2.05. The van der Waals surface area contributed by atoms with Crippen LogP contribution >= 0.6 is 0 Å². The quantitative estimate of drug-likeness (QED) is 0.773. The molecule has 2 rings (SSSR count). The lowest BCUT2D eigenvalue weighted by molar-refractivity contribution is 0.0164. The molecule has 0 fully saturated rings. The number of benzene rings is 2. The summed E-state index contributed by atoms with van der Waals surface area (Å²) in [6.45, 7) is 3.51. The first-order chi connectivity index (χ1) is 10.8. The number of hydrogen-bond acceptors (Lipinski definition) is 4. The average Bonchev–Trinajstić information content (AvgIpc) is 2.58. The lowest BCUT2D eigenvalue weighted by Crippen LogP contribution is -2.23. The minimum Gasteiger partial charge on any atom is -0.491 e. The first-order valence-electron chi connectivity index (χ1n) is 7.43. The van der Waals surface area contributed by atoms with Gasteiger partial charge >= 0.3 is 0 Å². The minimum absolute atomic E-state index is 0.213. The van der Waals surface area contributed by atoms with Crippen LogP contribution in [-0.2, 0) is 11.3 Å². The van der Waals surface area contributed by atoms with Crippen LogP contribution in [0.4, 0.5) is 0 Å². The van der Waals surface area contributed by atoms with Gasteiger partial charge in [-0.3, -0.25) is 0 Å². The van der Waals surface area contributed by atoms with Gasteiger partial charge in [0.2, 0.25) is 0 Å². The predicted octanol–water partition coefficient (Wildman–Crippen LogP) is 3.04. The smallest absolute Gasteiger partial charge is 0.120 e. The molecule has 0 amide bonds. The molecule has 1 atom stereocenters. The summed E-state index contributed by atoms with van der Waals surface area (Å²) >= 11 is 0. The first kappa shape index (κ1) is 16.3. The van der Waals surface area contributed by atoms with Crippen LogP contribution in [0.3, 0.4) is 0 Å². The van der Waals surface area contributed by atoms with Gasteiger partial charge in [0.05, 0.1) is 6.61 Å². The van der Waals surface area contributed by atoms with Gasteiger partial charge in [0.25, 0.3) is 0 Å². The van der Waals surface area contributed by atoms with E-state index in [1.165, 1.54) is 0 Å². The molecule has 0 aromatic heterocycles. The number of aliphatic hydroxyl groups excluding tert-OH is 1. The van der Waals surface area contributed by atoms with E-state index in [0.717, 1.165) is 11.3 Å². The van der Waals surface area contributed by atoms with Gasteiger partial charge in [-0.05, 0) is 36.8 Å². The molecular weight excluding hydrogens is 280 g/mol. The van der Waals surface area contributed by atoms with Crippen LogP contribution in [0.5, 0.6) is 11.5 Å². The van der Waals surface area contributed by atoms with Crippen LogP contribution in [0.1, 0.15) is 12.5 Å². The molecule has 118 valence electrons. The van der Waals surface area contributed by atoms with E-state index in [1.54, 1.807) is 0 Å². The Labute approximate surface area is 131 Å². The molecule has 1 unspecified atom stereocenters. The highest BCUT2D eigenvalue weighted by Crippen LogP contribution is 2.18. The fourth-order valence-corrected chi connectivity index (χ4v) is 1.87. The van der Waals surface area contributed by atoms with Crippen molar-refractivity contribution < 1.29 is 19.3 Å². The molecule has 0 aliphatic rings. The van der Waals surface area contributed by atoms with Crippen molar-refractivity contribution in [2.75, 3.05) is 19.8 Å². The molecule has 1 N–H and O–H groups in total. The molecule has 0 aliphatic heterocycles. The van der Waals surface area contributed by atoms with Crippen molar-refractivity contribution in [3.05, 3.63) is 60.2 Å². The molecule has 0 bridgehead atoms. The van der Waals surface area contributed by atoms with Gasteiger partial charge in [-0.25, -0.2) is 0 Å². The second-order valence-corrected chi connectivity index (χ2v) is 4.87. The molecule has 0 heterocycles. The molecule has 4 nitrogen and oxygen atoms in total. The van der Waals surface area contributed by atoms with E-state index in [0.29, 0.717) is 19.0 Å². The monoisotopic (exact) mass is 302 g/mol. The zero-order chi connectivity index (χ0) is 15.6. The predicted molar refractivity (Wildman–Crippen MR) is 85.2 cm³/mol. The van der Waals surface area contributed by atoms with Crippen molar-refractivity contribution in [1.29, 1.82) is 0 Å². The van der Waals surface area contributed by atoms with Crippen molar-refractivity contribution in [2.24, 2.45) is 0 Å².